The maximum absolute atomic E-state index is 14.4. The van der Waals surface area contributed by atoms with Crippen molar-refractivity contribution in [1.82, 2.24) is 14.8 Å². The lowest BCUT2D eigenvalue weighted by Gasteiger charge is -2.11. The summed E-state index contributed by atoms with van der Waals surface area (Å²) in [6, 6.07) is 10.3. The van der Waals surface area contributed by atoms with Crippen LogP contribution in [0.5, 0.6) is 0 Å². The Morgan fingerprint density at radius 2 is 1.85 bits per heavy atom. The summed E-state index contributed by atoms with van der Waals surface area (Å²) in [5.74, 6) is 0.385. The van der Waals surface area contributed by atoms with E-state index in [1.165, 1.54) is 36.4 Å². The first kappa shape index (κ1) is 22.9. The molecule has 0 saturated heterocycles. The molecule has 1 aromatic heterocycles. The zero-order valence-electron chi connectivity index (χ0n) is 17.7. The molecule has 1 amide bonds. The second kappa shape index (κ2) is 9.70. The Labute approximate surface area is 187 Å². The molecule has 0 bridgehead atoms. The molecule has 2 aromatic carbocycles. The number of hydrogen-bond acceptors (Lipinski definition) is 4. The number of amides is 1. The number of anilines is 1. The molecule has 1 aliphatic heterocycles. The van der Waals surface area contributed by atoms with Crippen LogP contribution in [0.3, 0.4) is 0 Å². The quantitative estimate of drug-likeness (QED) is 0.515. The van der Waals surface area contributed by atoms with Gasteiger partial charge in [-0.2, -0.15) is 13.2 Å². The molecule has 3 aromatic rings. The Balaban J connectivity index is 1.46. The van der Waals surface area contributed by atoms with Crippen LogP contribution >= 0.6 is 0 Å². The number of benzene rings is 2. The Morgan fingerprint density at radius 3 is 2.61 bits per heavy atom. The van der Waals surface area contributed by atoms with E-state index in [1.807, 2.05) is 4.57 Å². The second-order valence-electron chi connectivity index (χ2n) is 7.86. The van der Waals surface area contributed by atoms with E-state index < -0.39 is 24.5 Å². The van der Waals surface area contributed by atoms with Gasteiger partial charge in [-0.3, -0.25) is 4.79 Å². The Kier molecular flexibility index (Phi) is 6.73. The molecule has 174 valence electrons. The van der Waals surface area contributed by atoms with Gasteiger partial charge in [-0.05, 0) is 48.7 Å². The molecule has 10 heteroatoms. The molecule has 0 atom stereocenters. The van der Waals surface area contributed by atoms with Gasteiger partial charge in [0.15, 0.2) is 5.82 Å². The standard InChI is InChI=1S/C23H22F4N4O2/c24-18-10-9-17(21-30-29-20-4-2-1-3-11-31(20)21)12-19(18)28-22(32)16-7-5-15(6-8-16)13-33-14-23(25,26)27/h5-10,12H,1-4,11,13-14H2,(H,28,32). The molecule has 0 saturated carbocycles. The van der Waals surface area contributed by atoms with Crippen molar-refractivity contribution < 1.29 is 27.1 Å². The van der Waals surface area contributed by atoms with Crippen LogP contribution in [0.15, 0.2) is 42.5 Å². The highest BCUT2D eigenvalue weighted by Crippen LogP contribution is 2.27. The monoisotopic (exact) mass is 462 g/mol. The fraction of sp³-hybridized carbons (Fsp3) is 0.348. The number of nitrogens with zero attached hydrogens (tertiary/aromatic N) is 3. The van der Waals surface area contributed by atoms with E-state index in [1.54, 1.807) is 6.07 Å². The molecule has 33 heavy (non-hydrogen) atoms. The number of fused-ring (bicyclic) bond motifs is 1. The largest absolute Gasteiger partial charge is 0.411 e. The molecule has 0 spiro atoms. The Bertz CT molecular complexity index is 1130. The molecule has 0 fully saturated rings. The first-order valence-corrected chi connectivity index (χ1v) is 10.6. The number of rotatable bonds is 6. The number of nitrogens with one attached hydrogen (secondary N) is 1. The van der Waals surface area contributed by atoms with E-state index in [-0.39, 0.29) is 17.9 Å². The lowest BCUT2D eigenvalue weighted by Crippen LogP contribution is -2.16. The minimum Gasteiger partial charge on any atom is -0.367 e. The molecular formula is C23H22F4N4O2. The fourth-order valence-electron chi connectivity index (χ4n) is 3.69. The Morgan fingerprint density at radius 1 is 1.06 bits per heavy atom. The normalized spacial score (nSPS) is 13.9. The maximum atomic E-state index is 14.4. The lowest BCUT2D eigenvalue weighted by molar-refractivity contribution is -0.176. The molecule has 4 rings (SSSR count). The third kappa shape index (κ3) is 5.75. The summed E-state index contributed by atoms with van der Waals surface area (Å²) in [5, 5.41) is 11.1. The third-order valence-electron chi connectivity index (χ3n) is 5.33. The SMILES string of the molecule is O=C(Nc1cc(-c2nnc3n2CCCCC3)ccc1F)c1ccc(COCC(F)(F)F)cc1. The minimum atomic E-state index is -4.40. The average Bonchev–Trinajstić information content (AvgIpc) is 3.03. The van der Waals surface area contributed by atoms with Crippen molar-refractivity contribution in [3.05, 3.63) is 65.2 Å². The topological polar surface area (TPSA) is 69.0 Å². The maximum Gasteiger partial charge on any atom is 0.411 e. The highest BCUT2D eigenvalue weighted by atomic mass is 19.4. The number of aromatic nitrogens is 3. The van der Waals surface area contributed by atoms with Gasteiger partial charge in [-0.25, -0.2) is 4.39 Å². The van der Waals surface area contributed by atoms with Crippen LogP contribution in [0.2, 0.25) is 0 Å². The number of ether oxygens (including phenoxy) is 1. The van der Waals surface area contributed by atoms with Gasteiger partial charge in [-0.15, -0.1) is 10.2 Å². The van der Waals surface area contributed by atoms with Crippen molar-refractivity contribution in [2.24, 2.45) is 0 Å². The van der Waals surface area contributed by atoms with Crippen LogP contribution < -0.4 is 5.32 Å². The second-order valence-corrected chi connectivity index (χ2v) is 7.86. The van der Waals surface area contributed by atoms with Gasteiger partial charge in [-0.1, -0.05) is 18.6 Å². The van der Waals surface area contributed by atoms with Gasteiger partial charge < -0.3 is 14.6 Å². The predicted octanol–water partition coefficient (Wildman–Crippen LogP) is 5.14. The molecular weight excluding hydrogens is 440 g/mol. The lowest BCUT2D eigenvalue weighted by atomic mass is 10.1. The van der Waals surface area contributed by atoms with Crippen molar-refractivity contribution in [3.8, 4) is 11.4 Å². The van der Waals surface area contributed by atoms with Crippen molar-refractivity contribution in [2.45, 2.75) is 45.0 Å². The molecule has 6 nitrogen and oxygen atoms in total. The van der Waals surface area contributed by atoms with E-state index in [4.69, 9.17) is 0 Å². The van der Waals surface area contributed by atoms with Gasteiger partial charge >= 0.3 is 6.18 Å². The first-order chi connectivity index (χ1) is 15.8. The van der Waals surface area contributed by atoms with Crippen molar-refractivity contribution in [1.29, 1.82) is 0 Å². The summed E-state index contributed by atoms with van der Waals surface area (Å²) >= 11 is 0. The fourth-order valence-corrected chi connectivity index (χ4v) is 3.69. The van der Waals surface area contributed by atoms with Crippen LogP contribution in [0.1, 0.15) is 41.0 Å². The van der Waals surface area contributed by atoms with Crippen LogP contribution in [-0.4, -0.2) is 33.5 Å². The average molecular weight is 462 g/mol. The highest BCUT2D eigenvalue weighted by Gasteiger charge is 2.27. The van der Waals surface area contributed by atoms with Gasteiger partial charge in [0.05, 0.1) is 12.3 Å². The smallest absolute Gasteiger partial charge is 0.367 e. The number of carbonyl (C=O) groups is 1. The van der Waals surface area contributed by atoms with E-state index in [2.05, 4.69) is 20.3 Å². The zero-order valence-corrected chi connectivity index (χ0v) is 17.7. The number of hydrogen-bond donors (Lipinski definition) is 1. The summed E-state index contributed by atoms with van der Waals surface area (Å²) < 4.78 is 57.6. The van der Waals surface area contributed by atoms with Gasteiger partial charge in [0.2, 0.25) is 0 Å². The minimum absolute atomic E-state index is 0.000981. The van der Waals surface area contributed by atoms with Crippen LogP contribution in [0.25, 0.3) is 11.4 Å². The van der Waals surface area contributed by atoms with Gasteiger partial charge in [0, 0.05) is 24.1 Å². The molecule has 0 aliphatic carbocycles. The number of aryl methyl sites for hydroxylation is 1. The van der Waals surface area contributed by atoms with Gasteiger partial charge in [0.1, 0.15) is 18.2 Å². The van der Waals surface area contributed by atoms with E-state index in [0.717, 1.165) is 38.1 Å². The summed E-state index contributed by atoms with van der Waals surface area (Å²) in [4.78, 5) is 12.6. The summed E-state index contributed by atoms with van der Waals surface area (Å²) in [7, 11) is 0. The number of carbonyl (C=O) groups excluding carboxylic acids is 1. The van der Waals surface area contributed by atoms with Crippen LogP contribution in [0, 0.1) is 5.82 Å². The molecule has 1 N–H and O–H groups in total. The highest BCUT2D eigenvalue weighted by molar-refractivity contribution is 6.04. The zero-order chi connectivity index (χ0) is 23.4. The van der Waals surface area contributed by atoms with Crippen LogP contribution in [0.4, 0.5) is 23.2 Å². The number of halogens is 4. The number of alkyl halides is 3. The Hall–Kier alpha value is -3.27. The van der Waals surface area contributed by atoms with E-state index >= 15 is 0 Å². The molecule has 0 radical (unpaired) electrons. The summed E-state index contributed by atoms with van der Waals surface area (Å²) in [6.07, 6.45) is -0.380. The summed E-state index contributed by atoms with van der Waals surface area (Å²) in [6.45, 7) is -0.795. The first-order valence-electron chi connectivity index (χ1n) is 10.6. The van der Waals surface area contributed by atoms with Crippen LogP contribution in [-0.2, 0) is 24.3 Å². The van der Waals surface area contributed by atoms with Crippen molar-refractivity contribution >= 4 is 11.6 Å². The van der Waals surface area contributed by atoms with E-state index in [0.29, 0.717) is 17.0 Å². The van der Waals surface area contributed by atoms with Crippen molar-refractivity contribution in [2.75, 3.05) is 11.9 Å². The predicted molar refractivity (Wildman–Crippen MR) is 113 cm³/mol. The summed E-state index contributed by atoms with van der Waals surface area (Å²) in [5.41, 5.74) is 1.36. The van der Waals surface area contributed by atoms with E-state index in [9.17, 15) is 22.4 Å². The third-order valence-corrected chi connectivity index (χ3v) is 5.33. The van der Waals surface area contributed by atoms with Crippen molar-refractivity contribution in [3.63, 3.8) is 0 Å². The molecule has 1 aliphatic rings. The molecule has 0 unspecified atom stereocenters. The van der Waals surface area contributed by atoms with Gasteiger partial charge in [0.25, 0.3) is 5.91 Å². The molecule has 2 heterocycles.